The summed E-state index contributed by atoms with van der Waals surface area (Å²) in [7, 11) is 1.80. The number of thioether (sulfide) groups is 1. The van der Waals surface area contributed by atoms with E-state index >= 15 is 0 Å². The minimum Gasteiger partial charge on any atom is -0.457 e. The lowest BCUT2D eigenvalue weighted by Gasteiger charge is -2.37. The van der Waals surface area contributed by atoms with Crippen molar-refractivity contribution in [3.63, 3.8) is 0 Å². The maximum Gasteiger partial charge on any atom is 0.338 e. The highest BCUT2D eigenvalue weighted by molar-refractivity contribution is 8.16. The van der Waals surface area contributed by atoms with E-state index in [1.807, 2.05) is 96.1 Å². The van der Waals surface area contributed by atoms with E-state index in [1.54, 1.807) is 18.0 Å². The van der Waals surface area contributed by atoms with Gasteiger partial charge in [-0.25, -0.2) is 9.79 Å². The number of ether oxygens (including phenoxy) is 1. The number of allylic oxidation sites excluding steroid dienone is 1. The Bertz CT molecular complexity index is 1470. The maximum absolute atomic E-state index is 13.6. The molecule has 1 atom stereocenters. The lowest BCUT2D eigenvalue weighted by molar-refractivity contribution is -0.141. The number of fused-ring (bicyclic) bond motifs is 1. The molecule has 0 N–H and O–H groups in total. The van der Waals surface area contributed by atoms with Crippen molar-refractivity contribution >= 4 is 40.4 Å². The molecule has 39 heavy (non-hydrogen) atoms. The third-order valence-corrected chi connectivity index (χ3v) is 7.89. The molecule has 0 bridgehead atoms. The molecule has 3 aromatic carbocycles. The van der Waals surface area contributed by atoms with E-state index in [2.05, 4.69) is 0 Å². The zero-order chi connectivity index (χ0) is 27.4. The molecular formula is C31H28ClN3O3S. The molecule has 0 saturated carbocycles. The molecule has 0 aliphatic carbocycles. The minimum atomic E-state index is -0.581. The summed E-state index contributed by atoms with van der Waals surface area (Å²) in [6, 6.07) is 26.3. The summed E-state index contributed by atoms with van der Waals surface area (Å²) >= 11 is 8.13. The summed E-state index contributed by atoms with van der Waals surface area (Å²) < 4.78 is 5.76. The van der Waals surface area contributed by atoms with Gasteiger partial charge in [-0.1, -0.05) is 102 Å². The molecule has 0 aromatic heterocycles. The van der Waals surface area contributed by atoms with Gasteiger partial charge in [-0.3, -0.25) is 4.79 Å². The molecule has 0 unspecified atom stereocenters. The Morgan fingerprint density at radius 1 is 0.974 bits per heavy atom. The number of nitrogens with zero attached hydrogens (tertiary/aromatic N) is 3. The first-order valence-electron chi connectivity index (χ1n) is 12.6. The van der Waals surface area contributed by atoms with Crippen LogP contribution in [0.25, 0.3) is 0 Å². The van der Waals surface area contributed by atoms with Gasteiger partial charge >= 0.3 is 5.97 Å². The Kier molecular flexibility index (Phi) is 8.19. The van der Waals surface area contributed by atoms with Crippen LogP contribution in [0.1, 0.15) is 36.1 Å². The van der Waals surface area contributed by atoms with Crippen molar-refractivity contribution in [1.29, 1.82) is 0 Å². The summed E-state index contributed by atoms with van der Waals surface area (Å²) in [5, 5.41) is 3.15. The Morgan fingerprint density at radius 3 is 2.31 bits per heavy atom. The standard InChI is InChI=1S/C31H28ClN3O3S/c1-21-28(30(37)38-19-23-13-7-4-8-14-23)29(25-15-9-10-16-26(25)32)35-24(20-39-31(35)33-21)17-27(36)34(2)18-22-11-5-3-6-12-22/h3-16,20,29H,17-19H2,1-2H3/t29-/m0/s1. The van der Waals surface area contributed by atoms with E-state index in [0.717, 1.165) is 22.4 Å². The summed E-state index contributed by atoms with van der Waals surface area (Å²) in [6.45, 7) is 2.46. The number of hydrogen-bond acceptors (Lipinski definition) is 6. The van der Waals surface area contributed by atoms with Gasteiger partial charge in [0.15, 0.2) is 5.17 Å². The van der Waals surface area contributed by atoms with E-state index in [1.165, 1.54) is 11.8 Å². The second-order valence-corrected chi connectivity index (χ2v) is 10.6. The predicted molar refractivity (Wildman–Crippen MR) is 156 cm³/mol. The summed E-state index contributed by atoms with van der Waals surface area (Å²) in [5.74, 6) is -0.503. The third kappa shape index (κ3) is 5.95. The number of amides is 1. The SMILES string of the molecule is CC1=C(C(=O)OCc2ccccc2)[C@H](c2ccccc2Cl)N2C(CC(=O)N(C)Cc3ccccc3)=CSC2=N1. The summed E-state index contributed by atoms with van der Waals surface area (Å²) in [5.41, 5.74) is 4.42. The lowest BCUT2D eigenvalue weighted by atomic mass is 9.93. The number of carbonyl (C=O) groups excluding carboxylic acids is 2. The van der Waals surface area contributed by atoms with Gasteiger partial charge in [0.2, 0.25) is 5.91 Å². The van der Waals surface area contributed by atoms with Gasteiger partial charge in [-0.15, -0.1) is 0 Å². The number of carbonyl (C=O) groups is 2. The smallest absolute Gasteiger partial charge is 0.338 e. The van der Waals surface area contributed by atoms with Crippen LogP contribution in [0.15, 0.2) is 112 Å². The van der Waals surface area contributed by atoms with Crippen LogP contribution in [0.4, 0.5) is 0 Å². The lowest BCUT2D eigenvalue weighted by Crippen LogP contribution is -2.38. The first-order valence-corrected chi connectivity index (χ1v) is 13.9. The maximum atomic E-state index is 13.6. The number of hydrogen-bond donors (Lipinski definition) is 0. The van der Waals surface area contributed by atoms with E-state index in [0.29, 0.717) is 28.0 Å². The molecule has 0 saturated heterocycles. The average molecular weight is 558 g/mol. The Balaban J connectivity index is 1.43. The molecule has 198 valence electrons. The van der Waals surface area contributed by atoms with E-state index < -0.39 is 12.0 Å². The number of esters is 1. The van der Waals surface area contributed by atoms with Crippen molar-refractivity contribution in [3.8, 4) is 0 Å². The van der Waals surface area contributed by atoms with Crippen LogP contribution in [0, 0.1) is 0 Å². The van der Waals surface area contributed by atoms with Crippen molar-refractivity contribution in [3.05, 3.63) is 129 Å². The van der Waals surface area contributed by atoms with E-state index in [4.69, 9.17) is 21.3 Å². The second kappa shape index (κ2) is 11.9. The van der Waals surface area contributed by atoms with Crippen LogP contribution in [-0.2, 0) is 27.5 Å². The highest BCUT2D eigenvalue weighted by Crippen LogP contribution is 2.46. The Labute approximate surface area is 237 Å². The van der Waals surface area contributed by atoms with Gasteiger partial charge < -0.3 is 14.5 Å². The average Bonchev–Trinajstić information content (AvgIpc) is 3.34. The first-order chi connectivity index (χ1) is 18.9. The van der Waals surface area contributed by atoms with Crippen molar-refractivity contribution in [2.75, 3.05) is 7.05 Å². The molecule has 1 amide bonds. The van der Waals surface area contributed by atoms with Crippen molar-refractivity contribution in [2.45, 2.75) is 32.5 Å². The quantitative estimate of drug-likeness (QED) is 0.288. The number of amidine groups is 1. The van der Waals surface area contributed by atoms with Gasteiger partial charge in [-0.05, 0) is 35.1 Å². The minimum absolute atomic E-state index is 0.0376. The molecule has 2 aliphatic rings. The molecule has 6 nitrogen and oxygen atoms in total. The van der Waals surface area contributed by atoms with Crippen LogP contribution < -0.4 is 0 Å². The van der Waals surface area contributed by atoms with Gasteiger partial charge in [0, 0.05) is 24.3 Å². The van der Waals surface area contributed by atoms with Crippen LogP contribution in [-0.4, -0.2) is 33.9 Å². The fourth-order valence-electron chi connectivity index (χ4n) is 4.66. The number of rotatable bonds is 8. The second-order valence-electron chi connectivity index (χ2n) is 9.39. The number of aliphatic imine (C=N–C) groups is 1. The zero-order valence-electron chi connectivity index (χ0n) is 21.7. The fraction of sp³-hybridized carbons (Fsp3) is 0.194. The topological polar surface area (TPSA) is 62.2 Å². The molecule has 3 aromatic rings. The van der Waals surface area contributed by atoms with Gasteiger partial charge in [-0.2, -0.15) is 0 Å². The molecule has 2 heterocycles. The van der Waals surface area contributed by atoms with Crippen LogP contribution in [0.5, 0.6) is 0 Å². The Morgan fingerprint density at radius 2 is 1.62 bits per heavy atom. The van der Waals surface area contributed by atoms with Crippen LogP contribution >= 0.6 is 23.4 Å². The third-order valence-electron chi connectivity index (χ3n) is 6.65. The van der Waals surface area contributed by atoms with Gasteiger partial charge in [0.25, 0.3) is 0 Å². The number of halogens is 1. The molecule has 0 spiro atoms. The normalized spacial score (nSPS) is 16.4. The highest BCUT2D eigenvalue weighted by atomic mass is 35.5. The van der Waals surface area contributed by atoms with Gasteiger partial charge in [0.1, 0.15) is 6.61 Å². The van der Waals surface area contributed by atoms with Crippen molar-refractivity contribution < 1.29 is 14.3 Å². The molecule has 2 aliphatic heterocycles. The predicted octanol–water partition coefficient (Wildman–Crippen LogP) is 6.71. The van der Waals surface area contributed by atoms with Gasteiger partial charge in [0.05, 0.1) is 23.7 Å². The largest absolute Gasteiger partial charge is 0.457 e. The van der Waals surface area contributed by atoms with Crippen LogP contribution in [0.3, 0.4) is 0 Å². The highest BCUT2D eigenvalue weighted by Gasteiger charge is 2.42. The molecule has 5 rings (SSSR count). The molecule has 0 fully saturated rings. The fourth-order valence-corrected chi connectivity index (χ4v) is 5.86. The van der Waals surface area contributed by atoms with Crippen LogP contribution in [0.2, 0.25) is 5.02 Å². The first kappa shape index (κ1) is 26.8. The zero-order valence-corrected chi connectivity index (χ0v) is 23.3. The van der Waals surface area contributed by atoms with Crippen molar-refractivity contribution in [1.82, 2.24) is 9.80 Å². The van der Waals surface area contributed by atoms with E-state index in [9.17, 15) is 9.59 Å². The van der Waals surface area contributed by atoms with Crippen molar-refractivity contribution in [2.24, 2.45) is 4.99 Å². The van der Waals surface area contributed by atoms with E-state index in [-0.39, 0.29) is 18.9 Å². The monoisotopic (exact) mass is 557 g/mol. The Hall–Kier alpha value is -3.81. The molecule has 8 heteroatoms. The number of benzene rings is 3. The molecular weight excluding hydrogens is 530 g/mol. The summed E-state index contributed by atoms with van der Waals surface area (Å²) in [6.07, 6.45) is 0.154. The summed E-state index contributed by atoms with van der Waals surface area (Å²) in [4.78, 5) is 35.3. The molecule has 0 radical (unpaired) electrons.